The molecule has 0 radical (unpaired) electrons. The number of aryl methyl sites for hydroxylation is 1. The van der Waals surface area contributed by atoms with Crippen molar-refractivity contribution in [1.82, 2.24) is 4.57 Å². The third kappa shape index (κ3) is 5.55. The molecule has 162 valence electrons. The van der Waals surface area contributed by atoms with E-state index in [1.165, 1.54) is 17.9 Å². The van der Waals surface area contributed by atoms with Gasteiger partial charge in [-0.1, -0.05) is 6.07 Å². The van der Waals surface area contributed by atoms with E-state index >= 15 is 0 Å². The van der Waals surface area contributed by atoms with Gasteiger partial charge in [-0.25, -0.2) is 9.59 Å². The quantitative estimate of drug-likeness (QED) is 0.473. The molecular weight excluding hydrogens is 412 g/mol. The first kappa shape index (κ1) is 23.3. The standard InChI is InChI=1S/C20H24N2O7S/c1-5-28-19(25)15-13(3)16(20(26)29-10-9-27-4)30-17(15)21-14(23)11-22-8-6-7-12(2)18(22)24/h6-8H,5,9-11H2,1-4H3,(H,21,23). The molecule has 0 aliphatic heterocycles. The van der Waals surface area contributed by atoms with Crippen LogP contribution in [0.15, 0.2) is 23.1 Å². The van der Waals surface area contributed by atoms with Gasteiger partial charge in [0.15, 0.2) is 0 Å². The highest BCUT2D eigenvalue weighted by molar-refractivity contribution is 7.18. The Morgan fingerprint density at radius 3 is 2.53 bits per heavy atom. The predicted molar refractivity (Wildman–Crippen MR) is 111 cm³/mol. The van der Waals surface area contributed by atoms with Crippen LogP contribution in [0.4, 0.5) is 5.00 Å². The minimum Gasteiger partial charge on any atom is -0.462 e. The van der Waals surface area contributed by atoms with Crippen LogP contribution >= 0.6 is 11.3 Å². The van der Waals surface area contributed by atoms with Gasteiger partial charge < -0.3 is 24.1 Å². The van der Waals surface area contributed by atoms with Crippen molar-refractivity contribution in [1.29, 1.82) is 0 Å². The third-order valence-corrected chi connectivity index (χ3v) is 5.30. The lowest BCUT2D eigenvalue weighted by Crippen LogP contribution is -2.28. The normalized spacial score (nSPS) is 10.5. The van der Waals surface area contributed by atoms with Crippen molar-refractivity contribution in [3.8, 4) is 0 Å². The smallest absolute Gasteiger partial charge is 0.348 e. The number of nitrogens with zero attached hydrogens (tertiary/aromatic N) is 1. The van der Waals surface area contributed by atoms with Crippen LogP contribution in [-0.2, 0) is 25.5 Å². The zero-order valence-corrected chi connectivity index (χ0v) is 18.1. The molecule has 0 saturated heterocycles. The fourth-order valence-electron chi connectivity index (χ4n) is 2.63. The Bertz CT molecular complexity index is 994. The zero-order valence-electron chi connectivity index (χ0n) is 17.3. The number of pyridine rings is 1. The molecule has 0 aliphatic rings. The van der Waals surface area contributed by atoms with Gasteiger partial charge in [0, 0.05) is 18.9 Å². The second-order valence-corrected chi connectivity index (χ2v) is 7.30. The van der Waals surface area contributed by atoms with Gasteiger partial charge in [-0.3, -0.25) is 9.59 Å². The zero-order chi connectivity index (χ0) is 22.3. The van der Waals surface area contributed by atoms with Crippen LogP contribution in [0.2, 0.25) is 0 Å². The molecule has 0 saturated carbocycles. The fourth-order valence-corrected chi connectivity index (χ4v) is 3.74. The molecule has 0 aromatic carbocycles. The minimum atomic E-state index is -0.662. The summed E-state index contributed by atoms with van der Waals surface area (Å²) in [5.74, 6) is -1.81. The van der Waals surface area contributed by atoms with Crippen molar-refractivity contribution >= 4 is 34.2 Å². The summed E-state index contributed by atoms with van der Waals surface area (Å²) in [6, 6.07) is 3.32. The molecule has 0 unspecified atom stereocenters. The highest BCUT2D eigenvalue weighted by atomic mass is 32.1. The predicted octanol–water partition coefficient (Wildman–Crippen LogP) is 2.15. The third-order valence-electron chi connectivity index (χ3n) is 4.11. The van der Waals surface area contributed by atoms with E-state index in [-0.39, 0.29) is 47.4 Å². The average Bonchev–Trinajstić information content (AvgIpc) is 3.01. The lowest BCUT2D eigenvalue weighted by molar-refractivity contribution is -0.116. The number of hydrogen-bond acceptors (Lipinski definition) is 8. The molecule has 1 amide bonds. The Hall–Kier alpha value is -2.98. The lowest BCUT2D eigenvalue weighted by atomic mass is 10.1. The second kappa shape index (κ2) is 10.7. The van der Waals surface area contributed by atoms with E-state index in [4.69, 9.17) is 14.2 Å². The molecule has 2 heterocycles. The highest BCUT2D eigenvalue weighted by Gasteiger charge is 2.27. The number of amides is 1. The molecule has 0 atom stereocenters. The topological polar surface area (TPSA) is 113 Å². The van der Waals surface area contributed by atoms with Crippen molar-refractivity contribution in [3.05, 3.63) is 50.3 Å². The Balaban J connectivity index is 2.30. The number of aromatic nitrogens is 1. The number of carbonyl (C=O) groups is 3. The van der Waals surface area contributed by atoms with Crippen LogP contribution in [0.25, 0.3) is 0 Å². The molecule has 0 fully saturated rings. The maximum atomic E-state index is 12.5. The van der Waals surface area contributed by atoms with Crippen molar-refractivity contribution in [2.75, 3.05) is 32.2 Å². The highest BCUT2D eigenvalue weighted by Crippen LogP contribution is 2.34. The molecule has 0 aliphatic carbocycles. The molecule has 30 heavy (non-hydrogen) atoms. The molecule has 0 spiro atoms. The van der Waals surface area contributed by atoms with Gasteiger partial charge in [-0.2, -0.15) is 0 Å². The SMILES string of the molecule is CCOC(=O)c1c(NC(=O)Cn2cccc(C)c2=O)sc(C(=O)OCCOC)c1C. The summed E-state index contributed by atoms with van der Waals surface area (Å²) in [6.07, 6.45) is 1.50. The molecular formula is C20H24N2O7S. The summed E-state index contributed by atoms with van der Waals surface area (Å²) in [7, 11) is 1.48. The number of ether oxygens (including phenoxy) is 3. The lowest BCUT2D eigenvalue weighted by Gasteiger charge is -2.09. The van der Waals surface area contributed by atoms with E-state index in [9.17, 15) is 19.2 Å². The van der Waals surface area contributed by atoms with E-state index in [2.05, 4.69) is 5.32 Å². The van der Waals surface area contributed by atoms with Gasteiger partial charge in [-0.05, 0) is 32.4 Å². The molecule has 1 N–H and O–H groups in total. The molecule has 0 bridgehead atoms. The van der Waals surface area contributed by atoms with E-state index in [1.807, 2.05) is 0 Å². The van der Waals surface area contributed by atoms with Gasteiger partial charge in [0.2, 0.25) is 5.91 Å². The van der Waals surface area contributed by atoms with Gasteiger partial charge in [0.25, 0.3) is 5.56 Å². The van der Waals surface area contributed by atoms with Crippen LogP contribution in [-0.4, -0.2) is 49.3 Å². The molecule has 10 heteroatoms. The van der Waals surface area contributed by atoms with E-state index in [0.717, 1.165) is 11.3 Å². The van der Waals surface area contributed by atoms with Crippen molar-refractivity contribution in [2.24, 2.45) is 0 Å². The van der Waals surface area contributed by atoms with Gasteiger partial charge >= 0.3 is 11.9 Å². The van der Waals surface area contributed by atoms with Crippen molar-refractivity contribution in [2.45, 2.75) is 27.3 Å². The van der Waals surface area contributed by atoms with Gasteiger partial charge in [-0.15, -0.1) is 11.3 Å². The van der Waals surface area contributed by atoms with Crippen LogP contribution in [0.5, 0.6) is 0 Å². The van der Waals surface area contributed by atoms with Crippen LogP contribution in [0.1, 0.15) is 38.1 Å². The first-order valence-electron chi connectivity index (χ1n) is 9.22. The first-order chi connectivity index (χ1) is 14.3. The molecule has 2 aromatic heterocycles. The van der Waals surface area contributed by atoms with Crippen LogP contribution < -0.4 is 10.9 Å². The first-order valence-corrected chi connectivity index (χ1v) is 10.0. The summed E-state index contributed by atoms with van der Waals surface area (Å²) in [6.45, 7) is 5.06. The Morgan fingerprint density at radius 2 is 1.87 bits per heavy atom. The summed E-state index contributed by atoms with van der Waals surface area (Å²) in [4.78, 5) is 49.6. The number of anilines is 1. The maximum Gasteiger partial charge on any atom is 0.348 e. The van der Waals surface area contributed by atoms with E-state index in [0.29, 0.717) is 11.1 Å². The summed E-state index contributed by atoms with van der Waals surface area (Å²) in [5, 5.41) is 2.78. The van der Waals surface area contributed by atoms with E-state index in [1.54, 1.807) is 32.9 Å². The summed E-state index contributed by atoms with van der Waals surface area (Å²) < 4.78 is 16.3. The number of thiophene rings is 1. The molecule has 9 nitrogen and oxygen atoms in total. The Labute approximate surface area is 177 Å². The molecule has 2 rings (SSSR count). The largest absolute Gasteiger partial charge is 0.462 e. The van der Waals surface area contributed by atoms with Gasteiger partial charge in [0.05, 0.1) is 18.8 Å². The summed E-state index contributed by atoms with van der Waals surface area (Å²) in [5.41, 5.74) is 0.656. The number of nitrogens with one attached hydrogen (secondary N) is 1. The maximum absolute atomic E-state index is 12.5. The minimum absolute atomic E-state index is 0.0549. The van der Waals surface area contributed by atoms with Gasteiger partial charge in [0.1, 0.15) is 23.0 Å². The van der Waals surface area contributed by atoms with E-state index < -0.39 is 17.8 Å². The number of hydrogen-bond donors (Lipinski definition) is 1. The Morgan fingerprint density at radius 1 is 1.13 bits per heavy atom. The number of carbonyl (C=O) groups excluding carboxylic acids is 3. The summed E-state index contributed by atoms with van der Waals surface area (Å²) >= 11 is 0.917. The number of rotatable bonds is 9. The molecule has 2 aromatic rings. The number of methoxy groups -OCH3 is 1. The Kier molecular flexibility index (Phi) is 8.31. The number of esters is 2. The van der Waals surface area contributed by atoms with Crippen molar-refractivity contribution in [3.63, 3.8) is 0 Å². The average molecular weight is 436 g/mol. The monoisotopic (exact) mass is 436 g/mol. The fraction of sp³-hybridized carbons (Fsp3) is 0.400. The van der Waals surface area contributed by atoms with Crippen LogP contribution in [0, 0.1) is 13.8 Å². The van der Waals surface area contributed by atoms with Crippen molar-refractivity contribution < 1.29 is 28.6 Å². The van der Waals surface area contributed by atoms with Crippen LogP contribution in [0.3, 0.4) is 0 Å². The second-order valence-electron chi connectivity index (χ2n) is 6.28.